The molecule has 0 aromatic heterocycles. The fourth-order valence-corrected chi connectivity index (χ4v) is 3.71. The molecule has 0 saturated carbocycles. The lowest BCUT2D eigenvalue weighted by atomic mass is 9.87. The van der Waals surface area contributed by atoms with E-state index in [0.29, 0.717) is 6.04 Å². The van der Waals surface area contributed by atoms with Crippen LogP contribution in [0.2, 0.25) is 0 Å². The van der Waals surface area contributed by atoms with Gasteiger partial charge in [-0.15, -0.1) is 0 Å². The van der Waals surface area contributed by atoms with Crippen molar-refractivity contribution in [3.05, 3.63) is 29.8 Å². The molecule has 0 radical (unpaired) electrons. The zero-order valence-electron chi connectivity index (χ0n) is 14.4. The highest BCUT2D eigenvalue weighted by atomic mass is 32.2. The largest absolute Gasteiger partial charge is 0.314 e. The second kappa shape index (κ2) is 8.09. The van der Waals surface area contributed by atoms with Crippen LogP contribution in [0.15, 0.2) is 29.2 Å². The van der Waals surface area contributed by atoms with Gasteiger partial charge in [0.15, 0.2) is 0 Å². The summed E-state index contributed by atoms with van der Waals surface area (Å²) < 4.78 is 12.6. The van der Waals surface area contributed by atoms with Crippen molar-refractivity contribution in [2.24, 2.45) is 0 Å². The second-order valence-electron chi connectivity index (χ2n) is 6.97. The summed E-state index contributed by atoms with van der Waals surface area (Å²) in [5.41, 5.74) is 1.43. The molecular weight excluding hydrogens is 278 g/mol. The molecule has 0 aliphatic rings. The summed E-state index contributed by atoms with van der Waals surface area (Å²) >= 11 is 0. The minimum absolute atomic E-state index is 0.143. The van der Waals surface area contributed by atoms with Crippen molar-refractivity contribution >= 4 is 10.8 Å². The number of benzene rings is 1. The van der Waals surface area contributed by atoms with Crippen molar-refractivity contribution in [2.45, 2.75) is 76.0 Å². The predicted octanol–water partition coefficient (Wildman–Crippen LogP) is 4.26. The lowest BCUT2D eigenvalue weighted by Gasteiger charge is -2.20. The molecule has 0 bridgehead atoms. The maximum absolute atomic E-state index is 12.6. The van der Waals surface area contributed by atoms with Gasteiger partial charge >= 0.3 is 0 Å². The van der Waals surface area contributed by atoms with Gasteiger partial charge in [0.1, 0.15) is 0 Å². The molecule has 3 atom stereocenters. The zero-order chi connectivity index (χ0) is 16.0. The van der Waals surface area contributed by atoms with E-state index < -0.39 is 10.8 Å². The molecule has 1 rings (SSSR count). The van der Waals surface area contributed by atoms with Gasteiger partial charge in [0.25, 0.3) is 0 Å². The van der Waals surface area contributed by atoms with Crippen molar-refractivity contribution in [1.29, 1.82) is 0 Å². The van der Waals surface area contributed by atoms with Gasteiger partial charge in [0.05, 0.1) is 10.8 Å². The fourth-order valence-electron chi connectivity index (χ4n) is 2.38. The van der Waals surface area contributed by atoms with Crippen LogP contribution in [0.25, 0.3) is 0 Å². The van der Waals surface area contributed by atoms with Crippen LogP contribution < -0.4 is 5.32 Å². The van der Waals surface area contributed by atoms with Crippen LogP contribution in [0, 0.1) is 0 Å². The van der Waals surface area contributed by atoms with E-state index in [1.807, 2.05) is 12.1 Å². The highest BCUT2D eigenvalue weighted by Crippen LogP contribution is 2.24. The topological polar surface area (TPSA) is 29.1 Å². The molecule has 0 aliphatic carbocycles. The van der Waals surface area contributed by atoms with E-state index in [4.69, 9.17) is 0 Å². The number of hydrogen-bond donors (Lipinski definition) is 1. The summed E-state index contributed by atoms with van der Waals surface area (Å²) in [6, 6.07) is 8.68. The average Bonchev–Trinajstić information content (AvgIpc) is 2.43. The SMILES string of the molecule is CCCNC(C)CC(C)S(=O)c1ccc(C(C)(C)C)cc1. The van der Waals surface area contributed by atoms with E-state index in [0.717, 1.165) is 24.3 Å². The highest BCUT2D eigenvalue weighted by molar-refractivity contribution is 7.85. The van der Waals surface area contributed by atoms with Gasteiger partial charge in [-0.05, 0) is 49.4 Å². The average molecular weight is 310 g/mol. The molecule has 0 amide bonds. The van der Waals surface area contributed by atoms with Crippen molar-refractivity contribution in [3.63, 3.8) is 0 Å². The van der Waals surface area contributed by atoms with Crippen LogP contribution in [-0.4, -0.2) is 22.0 Å². The number of hydrogen-bond acceptors (Lipinski definition) is 2. The normalized spacial score (nSPS) is 16.5. The van der Waals surface area contributed by atoms with Gasteiger partial charge in [0, 0.05) is 16.2 Å². The van der Waals surface area contributed by atoms with Gasteiger partial charge in [0.2, 0.25) is 0 Å². The number of nitrogens with one attached hydrogen (secondary N) is 1. The van der Waals surface area contributed by atoms with Crippen LogP contribution in [0.5, 0.6) is 0 Å². The van der Waals surface area contributed by atoms with Crippen molar-refractivity contribution in [2.75, 3.05) is 6.54 Å². The lowest BCUT2D eigenvalue weighted by molar-refractivity contribution is 0.508. The molecule has 3 unspecified atom stereocenters. The monoisotopic (exact) mass is 309 g/mol. The van der Waals surface area contributed by atoms with Gasteiger partial charge < -0.3 is 5.32 Å². The maximum Gasteiger partial charge on any atom is 0.0558 e. The molecule has 120 valence electrons. The zero-order valence-corrected chi connectivity index (χ0v) is 15.2. The van der Waals surface area contributed by atoms with Crippen LogP contribution in [0.1, 0.15) is 59.9 Å². The molecule has 1 aromatic rings. The Morgan fingerprint density at radius 1 is 1.14 bits per heavy atom. The minimum atomic E-state index is -0.929. The predicted molar refractivity (Wildman–Crippen MR) is 93.4 cm³/mol. The second-order valence-corrected chi connectivity index (χ2v) is 8.84. The Morgan fingerprint density at radius 3 is 2.19 bits per heavy atom. The van der Waals surface area contributed by atoms with Gasteiger partial charge in [-0.2, -0.15) is 0 Å². The third-order valence-electron chi connectivity index (χ3n) is 3.75. The summed E-state index contributed by atoms with van der Waals surface area (Å²) in [6.07, 6.45) is 2.07. The Bertz CT molecular complexity index is 447. The summed E-state index contributed by atoms with van der Waals surface area (Å²) in [7, 11) is -0.929. The molecule has 2 nitrogen and oxygen atoms in total. The van der Waals surface area contributed by atoms with E-state index in [9.17, 15) is 4.21 Å². The summed E-state index contributed by atoms with van der Waals surface area (Å²) in [4.78, 5) is 0.943. The molecule has 0 spiro atoms. The maximum atomic E-state index is 12.6. The molecular formula is C18H31NOS. The molecule has 1 aromatic carbocycles. The van der Waals surface area contributed by atoms with Crippen LogP contribution >= 0.6 is 0 Å². The van der Waals surface area contributed by atoms with Gasteiger partial charge in [-0.3, -0.25) is 4.21 Å². The molecule has 21 heavy (non-hydrogen) atoms. The van der Waals surface area contributed by atoms with Crippen molar-refractivity contribution in [1.82, 2.24) is 5.32 Å². The van der Waals surface area contributed by atoms with E-state index in [-0.39, 0.29) is 10.7 Å². The standard InChI is InChI=1S/C18H31NOS/c1-7-12-19-14(2)13-15(3)21(20)17-10-8-16(9-11-17)18(4,5)6/h8-11,14-15,19H,7,12-13H2,1-6H3. The lowest BCUT2D eigenvalue weighted by Crippen LogP contribution is -2.31. The van der Waals surface area contributed by atoms with E-state index >= 15 is 0 Å². The van der Waals surface area contributed by atoms with E-state index in [1.165, 1.54) is 5.56 Å². The minimum Gasteiger partial charge on any atom is -0.314 e. The summed E-state index contributed by atoms with van der Waals surface area (Å²) in [5.74, 6) is 0. The Labute approximate surface area is 133 Å². The summed E-state index contributed by atoms with van der Waals surface area (Å²) in [5, 5.41) is 3.64. The Balaban J connectivity index is 2.66. The third-order valence-corrected chi connectivity index (χ3v) is 5.41. The number of rotatable bonds is 7. The van der Waals surface area contributed by atoms with E-state index in [1.54, 1.807) is 0 Å². The summed E-state index contributed by atoms with van der Waals surface area (Å²) in [6.45, 7) is 14.0. The molecule has 0 aliphatic heterocycles. The smallest absolute Gasteiger partial charge is 0.0558 e. The van der Waals surface area contributed by atoms with Crippen molar-refractivity contribution in [3.8, 4) is 0 Å². The van der Waals surface area contributed by atoms with E-state index in [2.05, 4.69) is 59.0 Å². The first kappa shape index (κ1) is 18.4. The molecule has 1 N–H and O–H groups in total. The van der Waals surface area contributed by atoms with Crippen LogP contribution in [0.4, 0.5) is 0 Å². The third kappa shape index (κ3) is 5.91. The fraction of sp³-hybridized carbons (Fsp3) is 0.667. The molecule has 0 heterocycles. The Hall–Kier alpha value is -0.670. The first-order chi connectivity index (χ1) is 9.75. The Morgan fingerprint density at radius 2 is 1.71 bits per heavy atom. The first-order valence-corrected chi connectivity index (χ1v) is 9.21. The van der Waals surface area contributed by atoms with Gasteiger partial charge in [-0.25, -0.2) is 0 Å². The first-order valence-electron chi connectivity index (χ1n) is 8.00. The van der Waals surface area contributed by atoms with Crippen LogP contribution in [-0.2, 0) is 16.2 Å². The quantitative estimate of drug-likeness (QED) is 0.815. The van der Waals surface area contributed by atoms with Crippen molar-refractivity contribution < 1.29 is 4.21 Å². The van der Waals surface area contributed by atoms with Gasteiger partial charge in [-0.1, -0.05) is 46.8 Å². The molecule has 3 heteroatoms. The molecule has 0 saturated heterocycles. The molecule has 0 fully saturated rings. The van der Waals surface area contributed by atoms with Crippen LogP contribution in [0.3, 0.4) is 0 Å². The highest BCUT2D eigenvalue weighted by Gasteiger charge is 2.18. The Kier molecular flexibility index (Phi) is 7.08.